The predicted molar refractivity (Wildman–Crippen MR) is 32.3 cm³/mol. The highest BCUT2D eigenvalue weighted by Gasteiger charge is 2.09. The quantitative estimate of drug-likeness (QED) is 0.378. The van der Waals surface area contributed by atoms with Crippen LogP contribution < -0.4 is 4.57 Å². The third kappa shape index (κ3) is 0.960. The molecule has 0 aliphatic heterocycles. The van der Waals surface area contributed by atoms with Crippen LogP contribution >= 0.6 is 0 Å². The standard InChI is InChI=1S/C7H6FN2/c1-10-4-2-3-6(5-9)7(10)8/h2-4H,1H3/q+1. The average Bonchev–Trinajstić information content (AvgIpc) is 1.95. The average molecular weight is 137 g/mol. The zero-order valence-electron chi connectivity index (χ0n) is 5.50. The fourth-order valence-electron chi connectivity index (χ4n) is 0.676. The molecule has 50 valence electrons. The van der Waals surface area contributed by atoms with E-state index < -0.39 is 5.95 Å². The topological polar surface area (TPSA) is 27.7 Å². The monoisotopic (exact) mass is 137 g/mol. The van der Waals surface area contributed by atoms with Gasteiger partial charge in [0.25, 0.3) is 0 Å². The van der Waals surface area contributed by atoms with Gasteiger partial charge in [0.2, 0.25) is 0 Å². The van der Waals surface area contributed by atoms with Crippen LogP contribution in [-0.4, -0.2) is 0 Å². The summed E-state index contributed by atoms with van der Waals surface area (Å²) in [7, 11) is 1.55. The number of aryl methyl sites for hydroxylation is 1. The first-order valence-corrected chi connectivity index (χ1v) is 2.80. The first-order valence-electron chi connectivity index (χ1n) is 2.80. The Hall–Kier alpha value is -1.43. The molecule has 1 heterocycles. The summed E-state index contributed by atoms with van der Waals surface area (Å²) in [5, 5.41) is 8.34. The molecule has 1 aromatic heterocycles. The van der Waals surface area contributed by atoms with E-state index in [9.17, 15) is 4.39 Å². The number of hydrogen-bond acceptors (Lipinski definition) is 1. The van der Waals surface area contributed by atoms with Crippen LogP contribution in [0.5, 0.6) is 0 Å². The maximum atomic E-state index is 12.7. The SMILES string of the molecule is C[n+]1cccc(C#N)c1F. The third-order valence-electron chi connectivity index (χ3n) is 1.22. The molecule has 2 nitrogen and oxygen atoms in total. The number of aromatic nitrogens is 1. The van der Waals surface area contributed by atoms with Gasteiger partial charge in [-0.1, -0.05) is 0 Å². The molecule has 0 unspecified atom stereocenters. The van der Waals surface area contributed by atoms with E-state index in [0.717, 1.165) is 0 Å². The molecule has 0 aromatic carbocycles. The van der Waals surface area contributed by atoms with Gasteiger partial charge in [-0.05, 0) is 6.07 Å². The molecule has 0 aliphatic carbocycles. The molecule has 0 amide bonds. The normalized spacial score (nSPS) is 8.90. The van der Waals surface area contributed by atoms with Gasteiger partial charge in [-0.3, -0.25) is 0 Å². The number of nitriles is 1. The van der Waals surface area contributed by atoms with Gasteiger partial charge < -0.3 is 0 Å². The molecule has 0 fully saturated rings. The molecule has 0 saturated carbocycles. The van der Waals surface area contributed by atoms with Gasteiger partial charge in [0, 0.05) is 6.07 Å². The van der Waals surface area contributed by atoms with E-state index in [1.807, 2.05) is 0 Å². The number of hydrogen-bond donors (Lipinski definition) is 0. The molecule has 0 radical (unpaired) electrons. The zero-order chi connectivity index (χ0) is 7.56. The minimum absolute atomic E-state index is 0.0741. The van der Waals surface area contributed by atoms with Gasteiger partial charge in [-0.2, -0.15) is 9.83 Å². The summed E-state index contributed by atoms with van der Waals surface area (Å²) in [6, 6.07) is 4.81. The Morgan fingerprint density at radius 3 is 2.90 bits per heavy atom. The largest absolute Gasteiger partial charge is 0.377 e. The highest BCUT2D eigenvalue weighted by Crippen LogP contribution is 1.96. The van der Waals surface area contributed by atoms with Crippen LogP contribution in [-0.2, 0) is 7.05 Å². The molecule has 0 N–H and O–H groups in total. The number of halogens is 1. The van der Waals surface area contributed by atoms with Crippen molar-refractivity contribution in [2.24, 2.45) is 7.05 Å². The minimum atomic E-state index is -0.495. The molecule has 1 rings (SSSR count). The van der Waals surface area contributed by atoms with Crippen LogP contribution in [0, 0.1) is 17.3 Å². The Morgan fingerprint density at radius 1 is 1.70 bits per heavy atom. The second kappa shape index (κ2) is 2.44. The predicted octanol–water partition coefficient (Wildman–Crippen LogP) is 0.522. The third-order valence-corrected chi connectivity index (χ3v) is 1.22. The van der Waals surface area contributed by atoms with Gasteiger partial charge in [0.15, 0.2) is 11.8 Å². The van der Waals surface area contributed by atoms with Crippen molar-refractivity contribution in [3.05, 3.63) is 29.8 Å². The van der Waals surface area contributed by atoms with Crippen molar-refractivity contribution >= 4 is 0 Å². The van der Waals surface area contributed by atoms with Crippen molar-refractivity contribution in [3.63, 3.8) is 0 Å². The van der Waals surface area contributed by atoms with Crippen LogP contribution in [0.15, 0.2) is 18.3 Å². The number of nitrogens with zero attached hydrogens (tertiary/aromatic N) is 2. The van der Waals surface area contributed by atoms with Crippen molar-refractivity contribution in [1.29, 1.82) is 5.26 Å². The first-order chi connectivity index (χ1) is 4.75. The summed E-state index contributed by atoms with van der Waals surface area (Å²) in [5.74, 6) is -0.495. The maximum Gasteiger partial charge on any atom is 0.377 e. The van der Waals surface area contributed by atoms with Crippen LogP contribution in [0.1, 0.15) is 5.56 Å². The summed E-state index contributed by atoms with van der Waals surface area (Å²) < 4.78 is 14.0. The Labute approximate surface area is 58.1 Å². The van der Waals surface area contributed by atoms with Crippen LogP contribution in [0.25, 0.3) is 0 Å². The lowest BCUT2D eigenvalue weighted by atomic mass is 10.3. The van der Waals surface area contributed by atoms with Gasteiger partial charge in [-0.15, -0.1) is 4.39 Å². The van der Waals surface area contributed by atoms with E-state index >= 15 is 0 Å². The Bertz CT molecular complexity index is 288. The van der Waals surface area contributed by atoms with Crippen molar-refractivity contribution in [1.82, 2.24) is 0 Å². The summed E-state index contributed by atoms with van der Waals surface area (Å²) in [6.45, 7) is 0. The van der Waals surface area contributed by atoms with E-state index in [0.29, 0.717) is 0 Å². The molecule has 0 aliphatic rings. The Balaban J connectivity index is 3.31. The summed E-state index contributed by atoms with van der Waals surface area (Å²) in [5.41, 5.74) is 0.0741. The molecule has 0 atom stereocenters. The van der Waals surface area contributed by atoms with Gasteiger partial charge >= 0.3 is 5.95 Å². The molecule has 10 heavy (non-hydrogen) atoms. The van der Waals surface area contributed by atoms with Crippen molar-refractivity contribution < 1.29 is 8.96 Å². The highest BCUT2D eigenvalue weighted by molar-refractivity contribution is 5.23. The molecule has 0 saturated heterocycles. The Morgan fingerprint density at radius 2 is 2.40 bits per heavy atom. The first kappa shape index (κ1) is 6.69. The lowest BCUT2D eigenvalue weighted by molar-refractivity contribution is -0.700. The molecule has 3 heteroatoms. The van der Waals surface area contributed by atoms with Crippen LogP contribution in [0.4, 0.5) is 4.39 Å². The molecule has 0 spiro atoms. The van der Waals surface area contributed by atoms with Gasteiger partial charge in [0.05, 0.1) is 0 Å². The summed E-state index contributed by atoms with van der Waals surface area (Å²) in [6.07, 6.45) is 1.55. The summed E-state index contributed by atoms with van der Waals surface area (Å²) in [4.78, 5) is 0. The van der Waals surface area contributed by atoms with E-state index in [-0.39, 0.29) is 5.56 Å². The molecule has 0 bridgehead atoms. The molecule has 1 aromatic rings. The second-order valence-electron chi connectivity index (χ2n) is 1.94. The fourth-order valence-corrected chi connectivity index (χ4v) is 0.676. The summed E-state index contributed by atoms with van der Waals surface area (Å²) >= 11 is 0. The van der Waals surface area contributed by atoms with E-state index in [4.69, 9.17) is 5.26 Å². The smallest absolute Gasteiger partial charge is 0.192 e. The fraction of sp³-hybridized carbons (Fsp3) is 0.143. The van der Waals surface area contributed by atoms with E-state index in [2.05, 4.69) is 0 Å². The molecular formula is C7H6FN2+. The van der Waals surface area contributed by atoms with Crippen molar-refractivity contribution in [2.75, 3.05) is 0 Å². The van der Waals surface area contributed by atoms with E-state index in [1.54, 1.807) is 25.4 Å². The Kier molecular flexibility index (Phi) is 1.63. The number of pyridine rings is 1. The van der Waals surface area contributed by atoms with Crippen molar-refractivity contribution in [3.8, 4) is 6.07 Å². The van der Waals surface area contributed by atoms with Crippen molar-refractivity contribution in [2.45, 2.75) is 0 Å². The lowest BCUT2D eigenvalue weighted by Gasteiger charge is -1.88. The zero-order valence-corrected chi connectivity index (χ0v) is 5.50. The maximum absolute atomic E-state index is 12.7. The van der Waals surface area contributed by atoms with Crippen LogP contribution in [0.2, 0.25) is 0 Å². The lowest BCUT2D eigenvalue weighted by Crippen LogP contribution is -2.33. The second-order valence-corrected chi connectivity index (χ2v) is 1.94. The number of rotatable bonds is 0. The highest BCUT2D eigenvalue weighted by atomic mass is 19.1. The molecular weight excluding hydrogens is 131 g/mol. The van der Waals surface area contributed by atoms with Gasteiger partial charge in [0.1, 0.15) is 13.1 Å². The van der Waals surface area contributed by atoms with Crippen LogP contribution in [0.3, 0.4) is 0 Å². The van der Waals surface area contributed by atoms with E-state index in [1.165, 1.54) is 10.6 Å². The van der Waals surface area contributed by atoms with Gasteiger partial charge in [-0.25, -0.2) is 0 Å². The minimum Gasteiger partial charge on any atom is -0.192 e.